The normalized spacial score (nSPS) is 9.70. The monoisotopic (exact) mass is 551 g/mol. The zero-order valence-electron chi connectivity index (χ0n) is 15.3. The summed E-state index contributed by atoms with van der Waals surface area (Å²) < 4.78 is 0. The molecule has 0 N–H and O–H groups in total. The van der Waals surface area contributed by atoms with Gasteiger partial charge in [0, 0.05) is 0 Å². The number of rotatable bonds is 3. The molecule has 0 saturated carbocycles. The van der Waals surface area contributed by atoms with Crippen molar-refractivity contribution >= 4 is 23.8 Å². The van der Waals surface area contributed by atoms with E-state index in [1.807, 2.05) is 18.2 Å². The summed E-state index contributed by atoms with van der Waals surface area (Å²) in [4.78, 5) is 0. The van der Waals surface area contributed by atoms with E-state index in [0.29, 0.717) is 0 Å². The second-order valence-electron chi connectivity index (χ2n) is 6.00. The van der Waals surface area contributed by atoms with Crippen molar-refractivity contribution in [2.24, 2.45) is 0 Å². The Balaban J connectivity index is 0.000000278. The predicted molar refractivity (Wildman–Crippen MR) is 116 cm³/mol. The molecule has 0 aliphatic heterocycles. The van der Waals surface area contributed by atoms with Gasteiger partial charge in [-0.15, -0.1) is 0 Å². The molecular weight excluding hydrogens is 528 g/mol. The van der Waals surface area contributed by atoms with Crippen molar-refractivity contribution < 1.29 is 22.4 Å². The molecule has 0 aliphatic rings. The first-order valence-electron chi connectivity index (χ1n) is 8.81. The van der Waals surface area contributed by atoms with Crippen LogP contribution in [0.2, 0.25) is 0 Å². The summed E-state index contributed by atoms with van der Waals surface area (Å²) in [6.07, 6.45) is 0. The standard InChI is InChI=1S/C18H15P.C7H8.Au/c1-4-10-16(11-5-1)19(17-12-6-2-7-13-17)18-14-8-3-9-15-18;1-7-5-3-2-4-6-7;/h1-15H;2-6H,1H3;/q;;+1. The van der Waals surface area contributed by atoms with Crippen molar-refractivity contribution in [3.63, 3.8) is 0 Å². The summed E-state index contributed by atoms with van der Waals surface area (Å²) in [6, 6.07) is 42.6. The summed E-state index contributed by atoms with van der Waals surface area (Å²) in [5.41, 5.74) is 1.32. The summed E-state index contributed by atoms with van der Waals surface area (Å²) >= 11 is 0. The summed E-state index contributed by atoms with van der Waals surface area (Å²) in [5, 5.41) is 4.19. The molecule has 0 nitrogen and oxygen atoms in total. The van der Waals surface area contributed by atoms with Gasteiger partial charge in [0.1, 0.15) is 0 Å². The molecule has 0 saturated heterocycles. The minimum Gasteiger partial charge on any atom is -0.0622 e. The zero-order valence-corrected chi connectivity index (χ0v) is 18.4. The van der Waals surface area contributed by atoms with Gasteiger partial charge in [0.05, 0.1) is 0 Å². The first kappa shape index (κ1) is 21.4. The molecule has 0 atom stereocenters. The molecule has 2 heteroatoms. The van der Waals surface area contributed by atoms with Crippen LogP contribution in [0.4, 0.5) is 0 Å². The minimum absolute atomic E-state index is 0. The van der Waals surface area contributed by atoms with Gasteiger partial charge >= 0.3 is 22.4 Å². The van der Waals surface area contributed by atoms with Crippen molar-refractivity contribution in [2.45, 2.75) is 6.92 Å². The van der Waals surface area contributed by atoms with Gasteiger partial charge in [-0.1, -0.05) is 127 Å². The molecule has 0 heterocycles. The number of hydrogen-bond acceptors (Lipinski definition) is 0. The largest absolute Gasteiger partial charge is 1.00 e. The molecular formula is C25H23AuP+. The molecule has 4 aromatic rings. The SMILES string of the molecule is Cc1ccccc1.[Au+].c1ccc(P(c2ccccc2)c2ccccc2)cc1. The Morgan fingerprint density at radius 1 is 0.407 bits per heavy atom. The zero-order chi connectivity index (χ0) is 18.0. The van der Waals surface area contributed by atoms with Gasteiger partial charge in [0.2, 0.25) is 0 Å². The van der Waals surface area contributed by atoms with E-state index in [9.17, 15) is 0 Å². The van der Waals surface area contributed by atoms with Gasteiger partial charge in [-0.25, -0.2) is 0 Å². The third-order valence-corrected chi connectivity index (χ3v) is 6.43. The smallest absolute Gasteiger partial charge is 0.0622 e. The fourth-order valence-electron chi connectivity index (χ4n) is 2.71. The Hall–Kier alpha value is -1.95. The summed E-state index contributed by atoms with van der Waals surface area (Å²) in [6.45, 7) is 2.08. The van der Waals surface area contributed by atoms with Gasteiger partial charge in [0.15, 0.2) is 0 Å². The average molecular weight is 551 g/mol. The van der Waals surface area contributed by atoms with Crippen LogP contribution in [0.5, 0.6) is 0 Å². The van der Waals surface area contributed by atoms with Crippen LogP contribution in [0.1, 0.15) is 5.56 Å². The molecule has 0 amide bonds. The molecule has 4 aromatic carbocycles. The first-order chi connectivity index (χ1) is 12.8. The topological polar surface area (TPSA) is 0 Å². The second kappa shape index (κ2) is 11.7. The van der Waals surface area contributed by atoms with E-state index < -0.39 is 7.92 Å². The van der Waals surface area contributed by atoms with Gasteiger partial charge in [-0.3, -0.25) is 0 Å². The Kier molecular flexibility index (Phi) is 9.25. The maximum absolute atomic E-state index is 2.23. The summed E-state index contributed by atoms with van der Waals surface area (Å²) in [7, 11) is -0.446. The van der Waals surface area contributed by atoms with Gasteiger partial charge in [-0.2, -0.15) is 0 Å². The summed E-state index contributed by atoms with van der Waals surface area (Å²) in [5.74, 6) is 0. The van der Waals surface area contributed by atoms with Crippen molar-refractivity contribution in [2.75, 3.05) is 0 Å². The van der Waals surface area contributed by atoms with Crippen LogP contribution in [0.25, 0.3) is 0 Å². The molecule has 0 fully saturated rings. The Morgan fingerprint density at radius 2 is 0.667 bits per heavy atom. The van der Waals surface area contributed by atoms with Crippen LogP contribution in [0, 0.1) is 6.92 Å². The molecule has 138 valence electrons. The molecule has 27 heavy (non-hydrogen) atoms. The van der Waals surface area contributed by atoms with E-state index in [4.69, 9.17) is 0 Å². The van der Waals surface area contributed by atoms with Crippen LogP contribution < -0.4 is 15.9 Å². The molecule has 0 bridgehead atoms. The van der Waals surface area contributed by atoms with Gasteiger partial charge in [-0.05, 0) is 30.8 Å². The van der Waals surface area contributed by atoms with E-state index >= 15 is 0 Å². The number of benzene rings is 4. The fraction of sp³-hybridized carbons (Fsp3) is 0.0400. The van der Waals surface area contributed by atoms with Gasteiger partial charge < -0.3 is 0 Å². The van der Waals surface area contributed by atoms with Crippen molar-refractivity contribution in [3.05, 3.63) is 127 Å². The molecule has 0 radical (unpaired) electrons. The predicted octanol–water partition coefficient (Wildman–Crippen LogP) is 5.44. The molecule has 0 unspecified atom stereocenters. The van der Waals surface area contributed by atoms with E-state index in [1.165, 1.54) is 21.5 Å². The molecule has 4 rings (SSSR count). The van der Waals surface area contributed by atoms with Crippen LogP contribution in [0.3, 0.4) is 0 Å². The maximum Gasteiger partial charge on any atom is 1.00 e. The molecule has 0 aromatic heterocycles. The number of hydrogen-bond donors (Lipinski definition) is 0. The average Bonchev–Trinajstić information content (AvgIpc) is 2.72. The van der Waals surface area contributed by atoms with E-state index in [0.717, 1.165) is 0 Å². The quantitative estimate of drug-likeness (QED) is 0.235. The Labute approximate surface area is 179 Å². The van der Waals surface area contributed by atoms with Crippen LogP contribution in [-0.4, -0.2) is 0 Å². The van der Waals surface area contributed by atoms with Crippen LogP contribution in [0.15, 0.2) is 121 Å². The third kappa shape index (κ3) is 6.61. The van der Waals surface area contributed by atoms with Crippen molar-refractivity contribution in [1.82, 2.24) is 0 Å². The molecule has 0 aliphatic carbocycles. The Morgan fingerprint density at radius 3 is 0.889 bits per heavy atom. The van der Waals surface area contributed by atoms with Crippen LogP contribution in [-0.2, 0) is 22.4 Å². The van der Waals surface area contributed by atoms with E-state index in [-0.39, 0.29) is 22.4 Å². The van der Waals surface area contributed by atoms with E-state index in [2.05, 4.69) is 110 Å². The van der Waals surface area contributed by atoms with Gasteiger partial charge in [0.25, 0.3) is 0 Å². The van der Waals surface area contributed by atoms with E-state index in [1.54, 1.807) is 0 Å². The second-order valence-corrected chi connectivity index (χ2v) is 8.22. The number of aryl methyl sites for hydroxylation is 1. The van der Waals surface area contributed by atoms with Crippen LogP contribution >= 0.6 is 7.92 Å². The first-order valence-corrected chi connectivity index (χ1v) is 10.2. The minimum atomic E-state index is -0.446. The Bertz CT molecular complexity index is 784. The van der Waals surface area contributed by atoms with Crippen molar-refractivity contribution in [1.29, 1.82) is 0 Å². The van der Waals surface area contributed by atoms with Crippen molar-refractivity contribution in [3.8, 4) is 0 Å². The third-order valence-electron chi connectivity index (χ3n) is 3.98. The maximum atomic E-state index is 2.23. The fourth-order valence-corrected chi connectivity index (χ4v) is 5.02. The molecule has 0 spiro atoms.